The number of hydrogen-bond donors (Lipinski definition) is 2. The topological polar surface area (TPSA) is 62.3 Å². The molecule has 1 aliphatic rings. The molecule has 0 aliphatic carbocycles. The Labute approximate surface area is 108 Å². The lowest BCUT2D eigenvalue weighted by atomic mass is 10.0. The molecule has 1 fully saturated rings. The summed E-state index contributed by atoms with van der Waals surface area (Å²) in [4.78, 5) is 1.54. The van der Waals surface area contributed by atoms with Crippen LogP contribution >= 0.6 is 0 Å². The Balaban J connectivity index is 2.32. The molecule has 0 amide bonds. The minimum Gasteiger partial charge on any atom is -0.377 e. The van der Waals surface area contributed by atoms with Crippen molar-refractivity contribution in [2.24, 2.45) is 5.73 Å². The molecule has 19 heavy (non-hydrogen) atoms. The molecule has 1 unspecified atom stereocenters. The van der Waals surface area contributed by atoms with E-state index in [-0.39, 0.29) is 12.6 Å². The van der Waals surface area contributed by atoms with E-state index >= 15 is 0 Å². The highest BCUT2D eigenvalue weighted by Crippen LogP contribution is 2.32. The quantitative estimate of drug-likeness (QED) is 0.607. The van der Waals surface area contributed by atoms with Gasteiger partial charge >= 0.3 is 6.18 Å². The number of nitrogens with zero attached hydrogens (tertiary/aromatic N) is 1. The van der Waals surface area contributed by atoms with E-state index in [0.717, 1.165) is 12.1 Å². The van der Waals surface area contributed by atoms with E-state index in [1.807, 2.05) is 0 Å². The number of guanidine groups is 1. The first-order valence-electron chi connectivity index (χ1n) is 5.75. The minimum absolute atomic E-state index is 0.161. The summed E-state index contributed by atoms with van der Waals surface area (Å²) in [7, 11) is 0. The van der Waals surface area contributed by atoms with Crippen LogP contribution in [0.1, 0.15) is 17.2 Å². The van der Waals surface area contributed by atoms with Gasteiger partial charge in [0.25, 0.3) is 0 Å². The first-order chi connectivity index (χ1) is 8.89. The second-order valence-electron chi connectivity index (χ2n) is 4.29. The Hall–Kier alpha value is -1.76. The molecule has 1 aliphatic heterocycles. The van der Waals surface area contributed by atoms with Gasteiger partial charge in [-0.05, 0) is 17.7 Å². The maximum atomic E-state index is 12.7. The van der Waals surface area contributed by atoms with Crippen molar-refractivity contribution in [3.05, 3.63) is 35.4 Å². The third-order valence-corrected chi connectivity index (χ3v) is 3.04. The summed E-state index contributed by atoms with van der Waals surface area (Å²) in [5.74, 6) is -0.161. The normalized spacial score (nSPS) is 20.4. The van der Waals surface area contributed by atoms with Crippen molar-refractivity contribution in [3.63, 3.8) is 0 Å². The molecule has 3 N–H and O–H groups in total. The fourth-order valence-electron chi connectivity index (χ4n) is 2.09. The molecular formula is C12H14F3N3O. The predicted octanol–water partition coefficient (Wildman–Crippen LogP) is 1.97. The first kappa shape index (κ1) is 13.7. The van der Waals surface area contributed by atoms with Crippen LogP contribution in [0.15, 0.2) is 24.3 Å². The summed E-state index contributed by atoms with van der Waals surface area (Å²) in [6.07, 6.45) is -4.38. The highest BCUT2D eigenvalue weighted by atomic mass is 19.4. The Morgan fingerprint density at radius 2 is 2.16 bits per heavy atom. The van der Waals surface area contributed by atoms with Crippen LogP contribution in [0.5, 0.6) is 0 Å². The number of rotatable bonds is 1. The molecule has 7 heteroatoms. The summed E-state index contributed by atoms with van der Waals surface area (Å²) in [6, 6.07) is 4.59. The van der Waals surface area contributed by atoms with Crippen molar-refractivity contribution in [2.75, 3.05) is 19.8 Å². The second-order valence-corrected chi connectivity index (χ2v) is 4.29. The average molecular weight is 273 g/mol. The van der Waals surface area contributed by atoms with E-state index in [9.17, 15) is 13.2 Å². The van der Waals surface area contributed by atoms with Crippen LogP contribution in [0.4, 0.5) is 13.2 Å². The van der Waals surface area contributed by atoms with Gasteiger partial charge in [0, 0.05) is 6.54 Å². The van der Waals surface area contributed by atoms with Crippen molar-refractivity contribution < 1.29 is 17.9 Å². The number of alkyl halides is 3. The number of hydrogen-bond acceptors (Lipinski definition) is 2. The highest BCUT2D eigenvalue weighted by Gasteiger charge is 2.32. The summed E-state index contributed by atoms with van der Waals surface area (Å²) in [5, 5.41) is 7.47. The zero-order valence-corrected chi connectivity index (χ0v) is 10.1. The molecule has 0 aromatic heterocycles. The summed E-state index contributed by atoms with van der Waals surface area (Å²) >= 11 is 0. The van der Waals surface area contributed by atoms with Gasteiger partial charge in [0.1, 0.15) is 0 Å². The molecule has 0 spiro atoms. The molecule has 1 aromatic carbocycles. The number of nitrogens with one attached hydrogen (secondary N) is 1. The van der Waals surface area contributed by atoms with Crippen molar-refractivity contribution in [2.45, 2.75) is 12.2 Å². The maximum Gasteiger partial charge on any atom is 0.416 e. The third kappa shape index (κ3) is 2.98. The van der Waals surface area contributed by atoms with Crippen LogP contribution in [0, 0.1) is 5.41 Å². The second kappa shape index (κ2) is 5.08. The smallest absolute Gasteiger partial charge is 0.377 e. The van der Waals surface area contributed by atoms with Crippen molar-refractivity contribution in [1.82, 2.24) is 4.90 Å². The van der Waals surface area contributed by atoms with E-state index in [1.54, 1.807) is 11.0 Å². The standard InChI is InChI=1S/C12H14F3N3O/c13-12(14,15)9-3-1-2-8(6-9)10-7-19-5-4-18(10)11(16)17/h1-3,6,10H,4-5,7H2,(H3,16,17). The van der Waals surface area contributed by atoms with Gasteiger partial charge in [-0.3, -0.25) is 5.41 Å². The van der Waals surface area contributed by atoms with Gasteiger partial charge in [-0.25, -0.2) is 0 Å². The van der Waals surface area contributed by atoms with Gasteiger partial charge in [-0.1, -0.05) is 12.1 Å². The molecule has 0 bridgehead atoms. The molecule has 2 rings (SSSR count). The van der Waals surface area contributed by atoms with E-state index in [4.69, 9.17) is 15.9 Å². The fourth-order valence-corrected chi connectivity index (χ4v) is 2.09. The maximum absolute atomic E-state index is 12.7. The predicted molar refractivity (Wildman–Crippen MR) is 63.6 cm³/mol. The lowest BCUT2D eigenvalue weighted by molar-refractivity contribution is -0.137. The van der Waals surface area contributed by atoms with Gasteiger partial charge < -0.3 is 15.4 Å². The number of ether oxygens (including phenoxy) is 1. The average Bonchev–Trinajstić information content (AvgIpc) is 2.38. The summed E-state index contributed by atoms with van der Waals surface area (Å²) in [5.41, 5.74) is 5.19. The SMILES string of the molecule is N=C(N)N1CCOCC1c1cccc(C(F)(F)F)c1. The fraction of sp³-hybridized carbons (Fsp3) is 0.417. The number of nitrogens with two attached hydrogens (primary N) is 1. The Morgan fingerprint density at radius 3 is 2.79 bits per heavy atom. The molecule has 1 heterocycles. The van der Waals surface area contributed by atoms with Crippen molar-refractivity contribution in [1.29, 1.82) is 5.41 Å². The van der Waals surface area contributed by atoms with Crippen LogP contribution < -0.4 is 5.73 Å². The Kier molecular flexibility index (Phi) is 3.66. The van der Waals surface area contributed by atoms with Gasteiger partial charge in [0.2, 0.25) is 0 Å². The van der Waals surface area contributed by atoms with Crippen LogP contribution in [0.25, 0.3) is 0 Å². The Bertz CT molecular complexity index is 476. The van der Waals surface area contributed by atoms with Gasteiger partial charge in [0.05, 0.1) is 24.8 Å². The van der Waals surface area contributed by atoms with Gasteiger partial charge in [-0.2, -0.15) is 13.2 Å². The summed E-state index contributed by atoms with van der Waals surface area (Å²) in [6.45, 7) is 1.03. The molecule has 104 valence electrons. The lowest BCUT2D eigenvalue weighted by Gasteiger charge is -2.36. The zero-order valence-electron chi connectivity index (χ0n) is 10.1. The summed E-state index contributed by atoms with van der Waals surface area (Å²) < 4.78 is 43.3. The molecule has 1 saturated heterocycles. The van der Waals surface area contributed by atoms with Crippen molar-refractivity contribution >= 4 is 5.96 Å². The van der Waals surface area contributed by atoms with Crippen LogP contribution in [0.3, 0.4) is 0 Å². The van der Waals surface area contributed by atoms with Crippen LogP contribution in [0.2, 0.25) is 0 Å². The highest BCUT2D eigenvalue weighted by molar-refractivity contribution is 5.75. The number of halogens is 3. The van der Waals surface area contributed by atoms with E-state index < -0.39 is 17.8 Å². The molecule has 1 atom stereocenters. The lowest BCUT2D eigenvalue weighted by Crippen LogP contribution is -2.46. The Morgan fingerprint density at radius 1 is 1.42 bits per heavy atom. The first-order valence-corrected chi connectivity index (χ1v) is 5.75. The van der Waals surface area contributed by atoms with E-state index in [1.165, 1.54) is 6.07 Å². The number of morpholine rings is 1. The largest absolute Gasteiger partial charge is 0.416 e. The zero-order chi connectivity index (χ0) is 14.0. The van der Waals surface area contributed by atoms with Crippen molar-refractivity contribution in [3.8, 4) is 0 Å². The molecule has 0 radical (unpaired) electrons. The van der Waals surface area contributed by atoms with Crippen LogP contribution in [-0.2, 0) is 10.9 Å². The van der Waals surface area contributed by atoms with Crippen LogP contribution in [-0.4, -0.2) is 30.6 Å². The van der Waals surface area contributed by atoms with Gasteiger partial charge in [-0.15, -0.1) is 0 Å². The van der Waals surface area contributed by atoms with E-state index in [0.29, 0.717) is 18.7 Å². The molecular weight excluding hydrogens is 259 g/mol. The molecule has 1 aromatic rings. The molecule has 0 saturated carbocycles. The minimum atomic E-state index is -4.38. The third-order valence-electron chi connectivity index (χ3n) is 3.04. The monoisotopic (exact) mass is 273 g/mol. The van der Waals surface area contributed by atoms with E-state index in [2.05, 4.69) is 0 Å². The number of benzene rings is 1. The van der Waals surface area contributed by atoms with Gasteiger partial charge in [0.15, 0.2) is 5.96 Å². The molecule has 4 nitrogen and oxygen atoms in total.